The SMILES string of the molecule is N#[N+]N=c1c(=NN=N)c(=O)c2ccccc2c1=O. The number of benzene rings is 2. The van der Waals surface area contributed by atoms with Crippen molar-refractivity contribution in [2.75, 3.05) is 0 Å². The third kappa shape index (κ3) is 1.60. The summed E-state index contributed by atoms with van der Waals surface area (Å²) in [6.07, 6.45) is 0. The van der Waals surface area contributed by atoms with Crippen molar-refractivity contribution < 1.29 is 0 Å². The highest BCUT2D eigenvalue weighted by Crippen LogP contribution is 2.00. The first-order valence-electron chi connectivity index (χ1n) is 4.76. The molecule has 0 heterocycles. The van der Waals surface area contributed by atoms with Gasteiger partial charge >= 0.3 is 5.08 Å². The number of hydrogen-bond acceptors (Lipinski definition) is 6. The van der Waals surface area contributed by atoms with Crippen LogP contribution in [0.15, 0.2) is 49.3 Å². The van der Waals surface area contributed by atoms with Crippen LogP contribution in [0, 0.1) is 10.9 Å². The molecule has 2 aromatic carbocycles. The summed E-state index contributed by atoms with van der Waals surface area (Å²) in [5.41, 5.74) is 5.43. The van der Waals surface area contributed by atoms with Gasteiger partial charge in [-0.1, -0.05) is 29.5 Å². The summed E-state index contributed by atoms with van der Waals surface area (Å²) in [6.45, 7) is 0. The maximum Gasteiger partial charge on any atom is 0.339 e. The zero-order valence-electron chi connectivity index (χ0n) is 8.86. The summed E-state index contributed by atoms with van der Waals surface area (Å²) in [5.74, 6) is 0. The molecule has 0 aliphatic heterocycles. The molecule has 0 fully saturated rings. The normalized spacial score (nSPS) is 12.6. The van der Waals surface area contributed by atoms with Crippen LogP contribution in [0.25, 0.3) is 15.9 Å². The Morgan fingerprint density at radius 1 is 1.06 bits per heavy atom. The monoisotopic (exact) mass is 241 g/mol. The van der Waals surface area contributed by atoms with Crippen molar-refractivity contribution in [3.63, 3.8) is 0 Å². The van der Waals surface area contributed by atoms with Crippen LogP contribution in [0.1, 0.15) is 0 Å². The van der Waals surface area contributed by atoms with Gasteiger partial charge in [0.15, 0.2) is 10.5 Å². The summed E-state index contributed by atoms with van der Waals surface area (Å²) in [5, 5.41) is 19.5. The van der Waals surface area contributed by atoms with Crippen molar-refractivity contribution in [1.82, 2.24) is 0 Å². The van der Waals surface area contributed by atoms with E-state index in [0.717, 1.165) is 0 Å². The Balaban J connectivity index is 3.31. The molecular weight excluding hydrogens is 236 g/mol. The molecule has 0 saturated heterocycles. The van der Waals surface area contributed by atoms with Crippen LogP contribution in [0.2, 0.25) is 0 Å². The Labute approximate surface area is 98.4 Å². The number of fused-ring (bicyclic) bond motifs is 1. The smallest absolute Gasteiger partial charge is 0.287 e. The zero-order chi connectivity index (χ0) is 13.1. The minimum atomic E-state index is -0.606. The van der Waals surface area contributed by atoms with E-state index in [2.05, 4.69) is 20.5 Å². The average Bonchev–Trinajstić information content (AvgIpc) is 2.40. The van der Waals surface area contributed by atoms with Crippen molar-refractivity contribution in [1.29, 1.82) is 10.9 Å². The van der Waals surface area contributed by atoms with Crippen LogP contribution in [0.3, 0.4) is 0 Å². The maximum absolute atomic E-state index is 12.0. The van der Waals surface area contributed by atoms with E-state index in [-0.39, 0.29) is 10.8 Å². The van der Waals surface area contributed by atoms with E-state index >= 15 is 0 Å². The van der Waals surface area contributed by atoms with Gasteiger partial charge in [0.05, 0.1) is 0 Å². The van der Waals surface area contributed by atoms with Gasteiger partial charge in [0.2, 0.25) is 16.2 Å². The molecule has 0 bridgehead atoms. The van der Waals surface area contributed by atoms with Crippen LogP contribution in [-0.4, -0.2) is 0 Å². The standard InChI is InChI=1S/C10H5N6O2/c11-15-13-7-8(14-16-12)10(18)6-4-2-1-3-5(6)9(7)17/h1-4,11H/q+1. The van der Waals surface area contributed by atoms with Gasteiger partial charge in [-0.2, -0.15) is 5.53 Å². The van der Waals surface area contributed by atoms with E-state index < -0.39 is 21.6 Å². The Morgan fingerprint density at radius 3 is 2.11 bits per heavy atom. The molecule has 0 saturated carbocycles. The lowest BCUT2D eigenvalue weighted by molar-refractivity contribution is 0.929. The molecule has 0 aliphatic carbocycles. The van der Waals surface area contributed by atoms with Gasteiger partial charge < -0.3 is 0 Å². The van der Waals surface area contributed by atoms with Crippen LogP contribution in [-0.2, 0) is 0 Å². The molecule has 0 radical (unpaired) electrons. The first-order chi connectivity index (χ1) is 8.70. The summed E-state index contributed by atoms with van der Waals surface area (Å²) < 4.78 is 0. The molecule has 1 N–H and O–H groups in total. The quantitative estimate of drug-likeness (QED) is 0.427. The fraction of sp³-hybridized carbons (Fsp3) is 0. The second-order valence-electron chi connectivity index (χ2n) is 3.29. The molecule has 2 aromatic rings. The fourth-order valence-electron chi connectivity index (χ4n) is 1.63. The van der Waals surface area contributed by atoms with Crippen molar-refractivity contribution in [3.8, 4) is 0 Å². The molecular formula is C10H5N6O2+. The maximum atomic E-state index is 12.0. The van der Waals surface area contributed by atoms with Crippen LogP contribution in [0.4, 0.5) is 0 Å². The number of diazo groups is 1. The van der Waals surface area contributed by atoms with Gasteiger partial charge in [0.1, 0.15) is 0 Å². The Bertz CT molecular complexity index is 899. The second-order valence-corrected chi connectivity index (χ2v) is 3.29. The van der Waals surface area contributed by atoms with Crippen molar-refractivity contribution in [3.05, 3.63) is 60.5 Å². The lowest BCUT2D eigenvalue weighted by atomic mass is 10.1. The van der Waals surface area contributed by atoms with Crippen molar-refractivity contribution in [2.24, 2.45) is 15.4 Å². The molecule has 0 aromatic heterocycles. The zero-order valence-corrected chi connectivity index (χ0v) is 8.86. The van der Waals surface area contributed by atoms with Crippen LogP contribution in [0.5, 0.6) is 0 Å². The highest BCUT2D eigenvalue weighted by Gasteiger charge is 2.12. The van der Waals surface area contributed by atoms with Gasteiger partial charge in [-0.15, -0.1) is 5.10 Å². The summed E-state index contributed by atoms with van der Waals surface area (Å²) >= 11 is 0. The van der Waals surface area contributed by atoms with Gasteiger partial charge in [-0.05, 0) is 0 Å². The number of nitrogens with zero attached hydrogens (tertiary/aromatic N) is 5. The Morgan fingerprint density at radius 2 is 1.61 bits per heavy atom. The lowest BCUT2D eigenvalue weighted by Crippen LogP contribution is -2.48. The predicted molar refractivity (Wildman–Crippen MR) is 60.2 cm³/mol. The molecule has 0 amide bonds. The van der Waals surface area contributed by atoms with Gasteiger partial charge in [0, 0.05) is 10.8 Å². The van der Waals surface area contributed by atoms with Crippen molar-refractivity contribution in [2.45, 2.75) is 0 Å². The molecule has 2 rings (SSSR count). The highest BCUT2D eigenvalue weighted by molar-refractivity contribution is 5.81. The first kappa shape index (κ1) is 11.4. The first-order valence-corrected chi connectivity index (χ1v) is 4.76. The third-order valence-corrected chi connectivity index (χ3v) is 2.37. The van der Waals surface area contributed by atoms with Crippen LogP contribution >= 0.6 is 0 Å². The minimum absolute atomic E-state index is 0.147. The largest absolute Gasteiger partial charge is 0.339 e. The minimum Gasteiger partial charge on any atom is -0.287 e. The van der Waals surface area contributed by atoms with E-state index in [1.165, 1.54) is 12.1 Å². The molecule has 8 heteroatoms. The average molecular weight is 241 g/mol. The second kappa shape index (κ2) is 4.42. The predicted octanol–water partition coefficient (Wildman–Crippen LogP) is -0.0488. The molecule has 0 atom stereocenters. The molecule has 86 valence electrons. The van der Waals surface area contributed by atoms with E-state index in [0.29, 0.717) is 0 Å². The van der Waals surface area contributed by atoms with E-state index in [1.54, 1.807) is 12.1 Å². The van der Waals surface area contributed by atoms with Gasteiger partial charge in [-0.25, -0.2) is 0 Å². The molecule has 8 nitrogen and oxygen atoms in total. The number of hydrogen-bond donors (Lipinski definition) is 1. The lowest BCUT2D eigenvalue weighted by Gasteiger charge is -1.92. The van der Waals surface area contributed by atoms with Crippen molar-refractivity contribution >= 4 is 10.8 Å². The van der Waals surface area contributed by atoms with Gasteiger partial charge in [0.25, 0.3) is 5.39 Å². The summed E-state index contributed by atoms with van der Waals surface area (Å²) in [6, 6.07) is 6.10. The summed E-state index contributed by atoms with van der Waals surface area (Å²) in [4.78, 5) is 24.0. The summed E-state index contributed by atoms with van der Waals surface area (Å²) in [7, 11) is 0. The molecule has 0 unspecified atom stereocenters. The van der Waals surface area contributed by atoms with E-state index in [1.807, 2.05) is 0 Å². The number of rotatable bonds is 1. The Kier molecular flexibility index (Phi) is 2.80. The van der Waals surface area contributed by atoms with E-state index in [9.17, 15) is 9.59 Å². The third-order valence-electron chi connectivity index (χ3n) is 2.37. The van der Waals surface area contributed by atoms with E-state index in [4.69, 9.17) is 10.9 Å². The molecule has 18 heavy (non-hydrogen) atoms. The topological polar surface area (TPSA) is 123 Å². The molecule has 0 spiro atoms. The van der Waals surface area contributed by atoms with Gasteiger partial charge in [-0.3, -0.25) is 9.59 Å². The fourth-order valence-corrected chi connectivity index (χ4v) is 1.63. The number of nitrogens with one attached hydrogen (secondary N) is 1. The van der Waals surface area contributed by atoms with Crippen LogP contribution < -0.4 is 21.6 Å². The molecule has 0 aliphatic rings. The Hall–Kier alpha value is -3.08. The highest BCUT2D eigenvalue weighted by atomic mass is 16.1.